The number of likely N-dealkylation sites (tertiary alicyclic amines) is 1. The highest BCUT2D eigenvalue weighted by Crippen LogP contribution is 2.27. The molecule has 1 saturated heterocycles. The third-order valence-electron chi connectivity index (χ3n) is 5.99. The highest BCUT2D eigenvalue weighted by molar-refractivity contribution is 5.16. The van der Waals surface area contributed by atoms with Crippen molar-refractivity contribution in [3.63, 3.8) is 0 Å². The number of piperidine rings is 1. The predicted molar refractivity (Wildman–Crippen MR) is 107 cm³/mol. The minimum atomic E-state index is 0.345. The van der Waals surface area contributed by atoms with Gasteiger partial charge in [0.25, 0.3) is 0 Å². The normalized spacial score (nSPS) is 17.7. The lowest BCUT2D eigenvalue weighted by Gasteiger charge is -2.45. The van der Waals surface area contributed by atoms with E-state index >= 15 is 0 Å². The van der Waals surface area contributed by atoms with Crippen LogP contribution in [0.5, 0.6) is 0 Å². The van der Waals surface area contributed by atoms with Crippen LogP contribution in [0.4, 0.5) is 0 Å². The van der Waals surface area contributed by atoms with Crippen LogP contribution in [0, 0.1) is 0 Å². The molecule has 0 radical (unpaired) electrons. The van der Waals surface area contributed by atoms with Crippen molar-refractivity contribution in [2.75, 3.05) is 33.2 Å². The first-order valence-electron chi connectivity index (χ1n) is 9.67. The van der Waals surface area contributed by atoms with Gasteiger partial charge in [-0.05, 0) is 63.9 Å². The Bertz CT molecular complexity index is 615. The van der Waals surface area contributed by atoms with Crippen LogP contribution in [0.2, 0.25) is 0 Å². The number of benzene rings is 2. The highest BCUT2D eigenvalue weighted by atomic mass is 15.2. The largest absolute Gasteiger partial charge is 0.303 e. The molecule has 0 unspecified atom stereocenters. The zero-order valence-electron chi connectivity index (χ0n) is 15.8. The first-order valence-corrected chi connectivity index (χ1v) is 9.67. The molecule has 1 heterocycles. The second kappa shape index (κ2) is 8.64. The van der Waals surface area contributed by atoms with Gasteiger partial charge in [-0.15, -0.1) is 0 Å². The van der Waals surface area contributed by atoms with Crippen LogP contribution in [0.1, 0.15) is 30.9 Å². The van der Waals surface area contributed by atoms with Crippen LogP contribution in [0.25, 0.3) is 0 Å². The van der Waals surface area contributed by atoms with E-state index in [1.165, 1.54) is 50.0 Å². The lowest BCUT2D eigenvalue weighted by molar-refractivity contribution is 0.0543. The summed E-state index contributed by atoms with van der Waals surface area (Å²) in [6.07, 6.45) is 4.85. The molecule has 1 fully saturated rings. The van der Waals surface area contributed by atoms with Gasteiger partial charge in [0.15, 0.2) is 0 Å². The number of hydrogen-bond acceptors (Lipinski definition) is 2. The molecule has 0 spiro atoms. The van der Waals surface area contributed by atoms with Crippen LogP contribution in [-0.2, 0) is 12.8 Å². The summed E-state index contributed by atoms with van der Waals surface area (Å²) in [5, 5.41) is 0. The van der Waals surface area contributed by atoms with Gasteiger partial charge in [0, 0.05) is 18.6 Å². The molecule has 0 aromatic heterocycles. The molecule has 2 aromatic carbocycles. The van der Waals surface area contributed by atoms with Gasteiger partial charge < -0.3 is 9.80 Å². The Balaban J connectivity index is 1.43. The Hall–Kier alpha value is -1.64. The molecular formula is C23H32N2. The van der Waals surface area contributed by atoms with Gasteiger partial charge in [0.05, 0.1) is 0 Å². The van der Waals surface area contributed by atoms with E-state index in [0.29, 0.717) is 5.54 Å². The van der Waals surface area contributed by atoms with Crippen LogP contribution < -0.4 is 0 Å². The maximum atomic E-state index is 2.64. The fourth-order valence-corrected chi connectivity index (χ4v) is 3.78. The molecule has 134 valence electrons. The molecule has 25 heavy (non-hydrogen) atoms. The van der Waals surface area contributed by atoms with E-state index < -0.39 is 0 Å². The lowest BCUT2D eigenvalue weighted by atomic mass is 9.87. The van der Waals surface area contributed by atoms with E-state index in [0.717, 1.165) is 13.0 Å². The van der Waals surface area contributed by atoms with Crippen molar-refractivity contribution in [3.8, 4) is 0 Å². The average Bonchev–Trinajstić information content (AvgIpc) is 2.67. The van der Waals surface area contributed by atoms with Gasteiger partial charge in [0.2, 0.25) is 0 Å². The van der Waals surface area contributed by atoms with Crippen molar-refractivity contribution in [2.24, 2.45) is 0 Å². The van der Waals surface area contributed by atoms with Crippen molar-refractivity contribution in [2.45, 2.75) is 38.1 Å². The molecule has 0 N–H and O–H groups in total. The Kier molecular flexibility index (Phi) is 6.28. The number of likely N-dealkylation sites (N-methyl/N-ethyl adjacent to an activating group) is 1. The van der Waals surface area contributed by atoms with E-state index in [1.807, 2.05) is 0 Å². The van der Waals surface area contributed by atoms with Crippen molar-refractivity contribution in [1.29, 1.82) is 0 Å². The quantitative estimate of drug-likeness (QED) is 0.745. The van der Waals surface area contributed by atoms with Gasteiger partial charge in [-0.1, -0.05) is 60.7 Å². The molecule has 0 aliphatic carbocycles. The number of hydrogen-bond donors (Lipinski definition) is 0. The monoisotopic (exact) mass is 336 g/mol. The maximum absolute atomic E-state index is 2.64. The lowest BCUT2D eigenvalue weighted by Crippen LogP contribution is -2.52. The summed E-state index contributed by atoms with van der Waals surface area (Å²) in [6, 6.07) is 21.7. The molecule has 0 amide bonds. The van der Waals surface area contributed by atoms with Gasteiger partial charge >= 0.3 is 0 Å². The summed E-state index contributed by atoms with van der Waals surface area (Å²) in [7, 11) is 2.31. The second-order valence-corrected chi connectivity index (χ2v) is 7.73. The Morgan fingerprint density at radius 3 is 1.92 bits per heavy atom. The average molecular weight is 337 g/mol. The Labute approximate surface area is 153 Å². The molecule has 2 nitrogen and oxygen atoms in total. The van der Waals surface area contributed by atoms with Crippen LogP contribution in [-0.4, -0.2) is 48.6 Å². The third-order valence-corrected chi connectivity index (χ3v) is 5.99. The summed E-state index contributed by atoms with van der Waals surface area (Å²) in [5.41, 5.74) is 3.24. The molecule has 1 aliphatic rings. The van der Waals surface area contributed by atoms with Gasteiger partial charge in [0.1, 0.15) is 0 Å². The Morgan fingerprint density at radius 2 is 1.36 bits per heavy atom. The SMILES string of the molecule is CN(CCc1ccccc1)C1(C)CCN(CCc2ccccc2)CC1. The van der Waals surface area contributed by atoms with Crippen molar-refractivity contribution in [1.82, 2.24) is 9.80 Å². The molecule has 0 atom stereocenters. The fourth-order valence-electron chi connectivity index (χ4n) is 3.78. The minimum absolute atomic E-state index is 0.345. The topological polar surface area (TPSA) is 6.48 Å². The fraction of sp³-hybridized carbons (Fsp3) is 0.478. The van der Waals surface area contributed by atoms with Crippen LogP contribution in [0.15, 0.2) is 60.7 Å². The molecule has 3 rings (SSSR count). The van der Waals surface area contributed by atoms with Crippen molar-refractivity contribution in [3.05, 3.63) is 71.8 Å². The van der Waals surface area contributed by atoms with Gasteiger partial charge in [-0.2, -0.15) is 0 Å². The number of rotatable bonds is 7. The van der Waals surface area contributed by atoms with E-state index in [-0.39, 0.29) is 0 Å². The predicted octanol–water partition coefficient (Wildman–Crippen LogP) is 4.26. The maximum Gasteiger partial charge on any atom is 0.0202 e. The standard InChI is InChI=1S/C23H32N2/c1-23(24(2)17-13-21-9-5-3-6-10-21)15-19-25(20-16-23)18-14-22-11-7-4-8-12-22/h3-12H,13-20H2,1-2H3. The smallest absolute Gasteiger partial charge is 0.0202 e. The van der Waals surface area contributed by atoms with Crippen molar-refractivity contribution < 1.29 is 0 Å². The highest BCUT2D eigenvalue weighted by Gasteiger charge is 2.33. The Morgan fingerprint density at radius 1 is 0.840 bits per heavy atom. The van der Waals surface area contributed by atoms with E-state index in [4.69, 9.17) is 0 Å². The first-order chi connectivity index (χ1) is 12.2. The summed E-state index contributed by atoms with van der Waals surface area (Å²) in [6.45, 7) is 7.23. The molecule has 2 heteroatoms. The van der Waals surface area contributed by atoms with E-state index in [1.54, 1.807) is 0 Å². The first kappa shape index (κ1) is 18.2. The third kappa shape index (κ3) is 5.17. The van der Waals surface area contributed by atoms with Gasteiger partial charge in [-0.3, -0.25) is 0 Å². The summed E-state index contributed by atoms with van der Waals surface area (Å²) in [5.74, 6) is 0. The van der Waals surface area contributed by atoms with Crippen molar-refractivity contribution >= 4 is 0 Å². The molecule has 2 aromatic rings. The summed E-state index contributed by atoms with van der Waals surface area (Å²) < 4.78 is 0. The van der Waals surface area contributed by atoms with Gasteiger partial charge in [-0.25, -0.2) is 0 Å². The molecule has 0 saturated carbocycles. The van der Waals surface area contributed by atoms with Crippen LogP contribution in [0.3, 0.4) is 0 Å². The minimum Gasteiger partial charge on any atom is -0.303 e. The number of nitrogens with zero attached hydrogens (tertiary/aromatic N) is 2. The zero-order valence-corrected chi connectivity index (χ0v) is 15.8. The van der Waals surface area contributed by atoms with Crippen LogP contribution >= 0.6 is 0 Å². The molecular weight excluding hydrogens is 304 g/mol. The zero-order chi connectivity index (χ0) is 17.5. The summed E-state index contributed by atoms with van der Waals surface area (Å²) in [4.78, 5) is 5.23. The second-order valence-electron chi connectivity index (χ2n) is 7.73. The van der Waals surface area contributed by atoms with E-state index in [2.05, 4.69) is 84.4 Å². The molecule has 1 aliphatic heterocycles. The summed E-state index contributed by atoms with van der Waals surface area (Å²) >= 11 is 0. The molecule has 0 bridgehead atoms. The van der Waals surface area contributed by atoms with E-state index in [9.17, 15) is 0 Å².